The first-order valence-corrected chi connectivity index (χ1v) is 8.36. The molecule has 21 heavy (non-hydrogen) atoms. The van der Waals surface area contributed by atoms with E-state index < -0.39 is 0 Å². The fourth-order valence-electron chi connectivity index (χ4n) is 2.99. The number of alkyl halides is 1. The van der Waals surface area contributed by atoms with Crippen molar-refractivity contribution in [3.8, 4) is 0 Å². The smallest absolute Gasteiger partial charge is 0.158 e. The van der Waals surface area contributed by atoms with Crippen molar-refractivity contribution in [3.05, 3.63) is 11.5 Å². The molecular weight excluding hydrogens is 286 g/mol. The minimum Gasteiger partial charge on any atom is -0.312 e. The van der Waals surface area contributed by atoms with Crippen LogP contribution >= 0.6 is 11.6 Å². The SMILES string of the molecule is CCc1nn(C)c2c1nc(CCCl)n2CCN(C)C1CC1. The third-order valence-corrected chi connectivity index (χ3v) is 4.56. The summed E-state index contributed by atoms with van der Waals surface area (Å²) in [4.78, 5) is 7.26. The van der Waals surface area contributed by atoms with Crippen molar-refractivity contribution in [2.24, 2.45) is 7.05 Å². The lowest BCUT2D eigenvalue weighted by Crippen LogP contribution is -2.26. The molecule has 0 bridgehead atoms. The third-order valence-electron chi connectivity index (χ3n) is 4.37. The van der Waals surface area contributed by atoms with Crippen LogP contribution in [0.15, 0.2) is 0 Å². The second kappa shape index (κ2) is 5.97. The van der Waals surface area contributed by atoms with E-state index in [4.69, 9.17) is 16.6 Å². The van der Waals surface area contributed by atoms with Gasteiger partial charge in [-0.2, -0.15) is 5.10 Å². The fourth-order valence-corrected chi connectivity index (χ4v) is 3.16. The van der Waals surface area contributed by atoms with E-state index in [9.17, 15) is 0 Å². The highest BCUT2D eigenvalue weighted by molar-refractivity contribution is 6.17. The molecule has 2 heterocycles. The topological polar surface area (TPSA) is 38.9 Å². The first-order chi connectivity index (χ1) is 10.2. The van der Waals surface area contributed by atoms with Gasteiger partial charge in [-0.15, -0.1) is 11.6 Å². The van der Waals surface area contributed by atoms with Crippen molar-refractivity contribution >= 4 is 22.8 Å². The second-order valence-electron chi connectivity index (χ2n) is 5.93. The zero-order valence-corrected chi connectivity index (χ0v) is 13.9. The van der Waals surface area contributed by atoms with Crippen molar-refractivity contribution in [1.82, 2.24) is 24.2 Å². The highest BCUT2D eigenvalue weighted by Gasteiger charge is 2.26. The summed E-state index contributed by atoms with van der Waals surface area (Å²) >= 11 is 5.95. The Bertz CT molecular complexity index is 626. The zero-order valence-electron chi connectivity index (χ0n) is 13.1. The standard InChI is InChI=1S/C15H24ClN5/c1-4-12-14-15(20(3)18-12)21(13(17-14)7-8-16)10-9-19(2)11-5-6-11/h11H,4-10H2,1-3H3. The van der Waals surface area contributed by atoms with Gasteiger partial charge in [-0.3, -0.25) is 4.68 Å². The van der Waals surface area contributed by atoms with Gasteiger partial charge in [0.15, 0.2) is 5.65 Å². The molecule has 0 unspecified atom stereocenters. The number of halogens is 1. The maximum Gasteiger partial charge on any atom is 0.158 e. The van der Waals surface area contributed by atoms with Crippen LogP contribution < -0.4 is 0 Å². The zero-order chi connectivity index (χ0) is 15.0. The van der Waals surface area contributed by atoms with Gasteiger partial charge in [0.2, 0.25) is 0 Å². The van der Waals surface area contributed by atoms with Gasteiger partial charge < -0.3 is 9.47 Å². The van der Waals surface area contributed by atoms with Crippen LogP contribution in [0.3, 0.4) is 0 Å². The molecule has 6 heteroatoms. The largest absolute Gasteiger partial charge is 0.312 e. The molecule has 1 saturated carbocycles. The molecule has 1 fully saturated rings. The van der Waals surface area contributed by atoms with Gasteiger partial charge in [-0.05, 0) is 26.3 Å². The molecule has 3 rings (SSSR count). The molecule has 0 radical (unpaired) electrons. The Balaban J connectivity index is 1.92. The van der Waals surface area contributed by atoms with Gasteiger partial charge in [-0.1, -0.05) is 6.92 Å². The van der Waals surface area contributed by atoms with E-state index in [1.165, 1.54) is 12.8 Å². The third kappa shape index (κ3) is 2.81. The van der Waals surface area contributed by atoms with Crippen molar-refractivity contribution in [1.29, 1.82) is 0 Å². The Kier molecular flexibility index (Phi) is 4.22. The summed E-state index contributed by atoms with van der Waals surface area (Å²) in [7, 11) is 4.22. The number of hydrogen-bond acceptors (Lipinski definition) is 3. The molecule has 0 atom stereocenters. The van der Waals surface area contributed by atoms with Crippen LogP contribution in [-0.4, -0.2) is 49.7 Å². The minimum absolute atomic E-state index is 0.608. The van der Waals surface area contributed by atoms with Gasteiger partial charge in [0.1, 0.15) is 11.3 Å². The van der Waals surface area contributed by atoms with E-state index in [1.54, 1.807) is 0 Å². The second-order valence-corrected chi connectivity index (χ2v) is 6.30. The number of hydrogen-bond donors (Lipinski definition) is 0. The fraction of sp³-hybridized carbons (Fsp3) is 0.733. The van der Waals surface area contributed by atoms with E-state index in [-0.39, 0.29) is 0 Å². The Morgan fingerprint density at radius 2 is 2.14 bits per heavy atom. The van der Waals surface area contributed by atoms with Crippen molar-refractivity contribution in [2.75, 3.05) is 19.5 Å². The van der Waals surface area contributed by atoms with Crippen LogP contribution in [0.4, 0.5) is 0 Å². The Morgan fingerprint density at radius 1 is 1.38 bits per heavy atom. The number of likely N-dealkylation sites (N-methyl/N-ethyl adjacent to an activating group) is 1. The van der Waals surface area contributed by atoms with Crippen LogP contribution in [0.1, 0.15) is 31.3 Å². The summed E-state index contributed by atoms with van der Waals surface area (Å²) in [6.45, 7) is 4.14. The summed E-state index contributed by atoms with van der Waals surface area (Å²) in [5.41, 5.74) is 3.27. The average molecular weight is 310 g/mol. The molecule has 0 aliphatic heterocycles. The van der Waals surface area contributed by atoms with Gasteiger partial charge >= 0.3 is 0 Å². The monoisotopic (exact) mass is 309 g/mol. The number of nitrogens with zero attached hydrogens (tertiary/aromatic N) is 5. The highest BCUT2D eigenvalue weighted by Crippen LogP contribution is 2.26. The first-order valence-electron chi connectivity index (χ1n) is 7.82. The van der Waals surface area contributed by atoms with Crippen LogP contribution in [-0.2, 0) is 26.4 Å². The lowest BCUT2D eigenvalue weighted by Gasteiger charge is -2.17. The van der Waals surface area contributed by atoms with Gasteiger partial charge in [-0.25, -0.2) is 4.98 Å². The summed E-state index contributed by atoms with van der Waals surface area (Å²) in [6.07, 6.45) is 4.41. The van der Waals surface area contributed by atoms with Crippen LogP contribution in [0.25, 0.3) is 11.2 Å². The summed E-state index contributed by atoms with van der Waals surface area (Å²) in [5, 5.41) is 4.59. The molecule has 0 N–H and O–H groups in total. The predicted molar refractivity (Wildman–Crippen MR) is 86.0 cm³/mol. The molecule has 0 spiro atoms. The molecule has 1 aliphatic carbocycles. The summed E-state index contributed by atoms with van der Waals surface area (Å²) < 4.78 is 4.28. The Hall–Kier alpha value is -1.07. The molecule has 0 amide bonds. The van der Waals surface area contributed by atoms with Crippen LogP contribution in [0.5, 0.6) is 0 Å². The molecule has 0 aromatic carbocycles. The van der Waals surface area contributed by atoms with E-state index in [1.807, 2.05) is 11.7 Å². The van der Waals surface area contributed by atoms with Gasteiger partial charge in [0.05, 0.1) is 5.69 Å². The average Bonchev–Trinajstić information content (AvgIpc) is 3.19. The van der Waals surface area contributed by atoms with E-state index in [0.29, 0.717) is 5.88 Å². The molecular formula is C15H24ClN5. The van der Waals surface area contributed by atoms with Crippen molar-refractivity contribution < 1.29 is 0 Å². The predicted octanol–water partition coefficient (Wildman–Crippen LogP) is 2.21. The first kappa shape index (κ1) is 14.9. The van der Waals surface area contributed by atoms with E-state index in [2.05, 4.69) is 28.5 Å². The number of aromatic nitrogens is 4. The normalized spacial score (nSPS) is 15.5. The maximum absolute atomic E-state index is 5.95. The van der Waals surface area contributed by atoms with Crippen molar-refractivity contribution in [3.63, 3.8) is 0 Å². The molecule has 5 nitrogen and oxygen atoms in total. The summed E-state index contributed by atoms with van der Waals surface area (Å²) in [5.74, 6) is 1.70. The molecule has 0 saturated heterocycles. The lowest BCUT2D eigenvalue weighted by molar-refractivity contribution is 0.308. The maximum atomic E-state index is 5.95. The molecule has 1 aliphatic rings. The molecule has 116 valence electrons. The van der Waals surface area contributed by atoms with Gasteiger partial charge in [0.25, 0.3) is 0 Å². The molecule has 2 aromatic heterocycles. The van der Waals surface area contributed by atoms with Gasteiger partial charge in [0, 0.05) is 38.5 Å². The number of fused-ring (bicyclic) bond motifs is 1. The minimum atomic E-state index is 0.608. The Morgan fingerprint density at radius 3 is 2.76 bits per heavy atom. The quantitative estimate of drug-likeness (QED) is 0.736. The molecule has 2 aromatic rings. The van der Waals surface area contributed by atoms with Crippen LogP contribution in [0.2, 0.25) is 0 Å². The number of rotatable bonds is 7. The number of aryl methyl sites for hydroxylation is 3. The number of imidazole rings is 1. The van der Waals surface area contributed by atoms with E-state index in [0.717, 1.165) is 54.7 Å². The highest BCUT2D eigenvalue weighted by atomic mass is 35.5. The van der Waals surface area contributed by atoms with Crippen molar-refractivity contribution in [2.45, 2.75) is 45.2 Å². The van der Waals surface area contributed by atoms with E-state index >= 15 is 0 Å². The lowest BCUT2D eigenvalue weighted by atomic mass is 10.3. The van der Waals surface area contributed by atoms with Crippen LogP contribution in [0, 0.1) is 0 Å². The summed E-state index contributed by atoms with van der Waals surface area (Å²) in [6, 6.07) is 0.790. The Labute approximate surface area is 130 Å².